The molecule has 0 saturated heterocycles. The number of hydrogen-bond donors (Lipinski definition) is 1. The van der Waals surface area contributed by atoms with Crippen LogP contribution in [0.5, 0.6) is 17.2 Å². The van der Waals surface area contributed by atoms with Crippen LogP contribution in [0.25, 0.3) is 0 Å². The van der Waals surface area contributed by atoms with Crippen LogP contribution < -0.4 is 19.5 Å². The fourth-order valence-electron chi connectivity index (χ4n) is 2.19. The maximum absolute atomic E-state index is 12.3. The van der Waals surface area contributed by atoms with Gasteiger partial charge in [0.1, 0.15) is 5.75 Å². The van der Waals surface area contributed by atoms with Crippen molar-refractivity contribution in [3.63, 3.8) is 0 Å². The second-order valence-corrected chi connectivity index (χ2v) is 5.58. The summed E-state index contributed by atoms with van der Waals surface area (Å²) in [5.74, 6) is 1.57. The van der Waals surface area contributed by atoms with E-state index in [-0.39, 0.29) is 12.7 Å². The zero-order valence-corrected chi connectivity index (χ0v) is 13.5. The number of rotatable bonds is 4. The van der Waals surface area contributed by atoms with Gasteiger partial charge in [-0.1, -0.05) is 17.7 Å². The molecule has 1 atom stereocenters. The normalized spacial score (nSPS) is 13.5. The van der Waals surface area contributed by atoms with Gasteiger partial charge in [-0.25, -0.2) is 0 Å². The van der Waals surface area contributed by atoms with E-state index in [1.165, 1.54) is 0 Å². The van der Waals surface area contributed by atoms with E-state index in [0.29, 0.717) is 28.0 Å². The van der Waals surface area contributed by atoms with Crippen LogP contribution in [0.4, 0.5) is 5.69 Å². The van der Waals surface area contributed by atoms with Crippen LogP contribution >= 0.6 is 11.6 Å². The second kappa shape index (κ2) is 6.38. The maximum Gasteiger partial charge on any atom is 0.265 e. The summed E-state index contributed by atoms with van der Waals surface area (Å²) in [5.41, 5.74) is 1.49. The average Bonchev–Trinajstić information content (AvgIpc) is 2.99. The number of ether oxygens (including phenoxy) is 3. The lowest BCUT2D eigenvalue weighted by Crippen LogP contribution is -2.30. The van der Waals surface area contributed by atoms with Crippen molar-refractivity contribution < 1.29 is 19.0 Å². The molecule has 1 unspecified atom stereocenters. The SMILES string of the molecule is Cc1c(Cl)cccc1NC(=O)C(C)Oc1ccc2c(c1)OCO2. The van der Waals surface area contributed by atoms with Crippen LogP contribution in [0.3, 0.4) is 0 Å². The molecule has 0 fully saturated rings. The number of benzene rings is 2. The van der Waals surface area contributed by atoms with Gasteiger partial charge in [-0.15, -0.1) is 0 Å². The number of fused-ring (bicyclic) bond motifs is 1. The lowest BCUT2D eigenvalue weighted by molar-refractivity contribution is -0.122. The van der Waals surface area contributed by atoms with Crippen molar-refractivity contribution >= 4 is 23.2 Å². The first-order chi connectivity index (χ1) is 11.0. The molecule has 0 radical (unpaired) electrons. The number of nitrogens with one attached hydrogen (secondary N) is 1. The number of carbonyl (C=O) groups is 1. The molecule has 1 aliphatic rings. The average molecular weight is 334 g/mol. The van der Waals surface area contributed by atoms with Gasteiger partial charge in [0.15, 0.2) is 17.6 Å². The molecule has 1 aliphatic heterocycles. The third-order valence-electron chi connectivity index (χ3n) is 3.55. The number of amides is 1. The third-order valence-corrected chi connectivity index (χ3v) is 3.96. The van der Waals surface area contributed by atoms with Crippen LogP contribution in [0, 0.1) is 6.92 Å². The standard InChI is InChI=1S/C17H16ClNO4/c1-10-13(18)4-3-5-14(10)19-17(20)11(2)23-12-6-7-15-16(8-12)22-9-21-15/h3-8,11H,9H2,1-2H3,(H,19,20). The fraction of sp³-hybridized carbons (Fsp3) is 0.235. The number of anilines is 1. The van der Waals surface area contributed by atoms with Crippen molar-refractivity contribution in [3.05, 3.63) is 47.0 Å². The Labute approximate surface area is 139 Å². The Morgan fingerprint density at radius 2 is 2.04 bits per heavy atom. The molecule has 0 saturated carbocycles. The number of hydrogen-bond acceptors (Lipinski definition) is 4. The monoisotopic (exact) mass is 333 g/mol. The van der Waals surface area contributed by atoms with Crippen LogP contribution in [-0.2, 0) is 4.79 Å². The summed E-state index contributed by atoms with van der Waals surface area (Å²) in [7, 11) is 0. The van der Waals surface area contributed by atoms with E-state index >= 15 is 0 Å². The molecular weight excluding hydrogens is 318 g/mol. The van der Waals surface area contributed by atoms with Gasteiger partial charge in [0.25, 0.3) is 5.91 Å². The lowest BCUT2D eigenvalue weighted by atomic mass is 10.2. The highest BCUT2D eigenvalue weighted by Crippen LogP contribution is 2.35. The minimum atomic E-state index is -0.672. The third kappa shape index (κ3) is 3.35. The fourth-order valence-corrected chi connectivity index (χ4v) is 2.36. The van der Waals surface area contributed by atoms with Crippen LogP contribution in [0.1, 0.15) is 12.5 Å². The zero-order chi connectivity index (χ0) is 16.4. The van der Waals surface area contributed by atoms with Gasteiger partial charge in [-0.3, -0.25) is 4.79 Å². The smallest absolute Gasteiger partial charge is 0.265 e. The Balaban J connectivity index is 1.67. The summed E-state index contributed by atoms with van der Waals surface area (Å²) in [6, 6.07) is 10.6. The molecule has 5 nitrogen and oxygen atoms in total. The maximum atomic E-state index is 12.3. The van der Waals surface area contributed by atoms with Gasteiger partial charge in [-0.05, 0) is 43.7 Å². The van der Waals surface area contributed by atoms with Gasteiger partial charge < -0.3 is 19.5 Å². The minimum Gasteiger partial charge on any atom is -0.481 e. The van der Waals surface area contributed by atoms with Crippen LogP contribution in [0.15, 0.2) is 36.4 Å². The van der Waals surface area contributed by atoms with E-state index in [9.17, 15) is 4.79 Å². The Kier molecular flexibility index (Phi) is 4.30. The van der Waals surface area contributed by atoms with E-state index in [4.69, 9.17) is 25.8 Å². The number of halogens is 1. The molecule has 1 amide bonds. The first-order valence-electron chi connectivity index (χ1n) is 7.17. The second-order valence-electron chi connectivity index (χ2n) is 5.18. The Hall–Kier alpha value is -2.40. The topological polar surface area (TPSA) is 56.8 Å². The van der Waals surface area contributed by atoms with E-state index in [1.54, 1.807) is 43.3 Å². The number of carbonyl (C=O) groups excluding carboxylic acids is 1. The van der Waals surface area contributed by atoms with Crippen molar-refractivity contribution in [3.8, 4) is 17.2 Å². The first-order valence-corrected chi connectivity index (χ1v) is 7.54. The molecule has 0 bridgehead atoms. The van der Waals surface area contributed by atoms with Crippen LogP contribution in [0.2, 0.25) is 5.02 Å². The van der Waals surface area contributed by atoms with E-state index in [0.717, 1.165) is 5.56 Å². The van der Waals surface area contributed by atoms with E-state index in [2.05, 4.69) is 5.32 Å². The summed E-state index contributed by atoms with van der Waals surface area (Å²) < 4.78 is 16.2. The van der Waals surface area contributed by atoms with Crippen LogP contribution in [-0.4, -0.2) is 18.8 Å². The molecular formula is C17H16ClNO4. The molecule has 3 rings (SSSR count). The van der Waals surface area contributed by atoms with Gasteiger partial charge in [0, 0.05) is 16.8 Å². The van der Waals surface area contributed by atoms with Crippen molar-refractivity contribution in [1.29, 1.82) is 0 Å². The van der Waals surface area contributed by atoms with Gasteiger partial charge >= 0.3 is 0 Å². The minimum absolute atomic E-state index is 0.197. The van der Waals surface area contributed by atoms with Crippen molar-refractivity contribution in [2.45, 2.75) is 20.0 Å². The molecule has 2 aromatic carbocycles. The zero-order valence-electron chi connectivity index (χ0n) is 12.8. The Morgan fingerprint density at radius 3 is 2.87 bits per heavy atom. The van der Waals surface area contributed by atoms with Crippen molar-refractivity contribution in [2.24, 2.45) is 0 Å². The molecule has 0 aliphatic carbocycles. The van der Waals surface area contributed by atoms with E-state index < -0.39 is 6.10 Å². The lowest BCUT2D eigenvalue weighted by Gasteiger charge is -2.16. The molecule has 2 aromatic rings. The van der Waals surface area contributed by atoms with Crippen molar-refractivity contribution in [1.82, 2.24) is 0 Å². The summed E-state index contributed by atoms with van der Waals surface area (Å²) >= 11 is 6.05. The summed E-state index contributed by atoms with van der Waals surface area (Å²) in [4.78, 5) is 12.3. The molecule has 1 heterocycles. The van der Waals surface area contributed by atoms with Crippen molar-refractivity contribution in [2.75, 3.05) is 12.1 Å². The summed E-state index contributed by atoms with van der Waals surface area (Å²) in [6.45, 7) is 3.73. The van der Waals surface area contributed by atoms with Gasteiger partial charge in [-0.2, -0.15) is 0 Å². The molecule has 0 spiro atoms. The van der Waals surface area contributed by atoms with Gasteiger partial charge in [0.2, 0.25) is 6.79 Å². The summed E-state index contributed by atoms with van der Waals surface area (Å²) in [6.07, 6.45) is -0.672. The summed E-state index contributed by atoms with van der Waals surface area (Å²) in [5, 5.41) is 3.42. The Bertz CT molecular complexity index is 747. The Morgan fingerprint density at radius 1 is 1.26 bits per heavy atom. The predicted molar refractivity (Wildman–Crippen MR) is 87.5 cm³/mol. The van der Waals surface area contributed by atoms with Gasteiger partial charge in [0.05, 0.1) is 0 Å². The molecule has 23 heavy (non-hydrogen) atoms. The highest BCUT2D eigenvalue weighted by Gasteiger charge is 2.19. The van der Waals surface area contributed by atoms with E-state index in [1.807, 2.05) is 6.92 Å². The molecule has 6 heteroatoms. The molecule has 1 N–H and O–H groups in total. The highest BCUT2D eigenvalue weighted by molar-refractivity contribution is 6.31. The predicted octanol–water partition coefficient (Wildman–Crippen LogP) is 3.78. The highest BCUT2D eigenvalue weighted by atomic mass is 35.5. The molecule has 0 aromatic heterocycles. The first kappa shape index (κ1) is 15.5. The quantitative estimate of drug-likeness (QED) is 0.925. The molecule has 120 valence electrons. The largest absolute Gasteiger partial charge is 0.481 e.